The molecule has 0 amide bonds. The molecule has 0 bridgehead atoms. The minimum absolute atomic E-state index is 0.0783. The second kappa shape index (κ2) is 10.7. The highest BCUT2D eigenvalue weighted by atomic mass is 16.3. The molecule has 0 saturated heterocycles. The Labute approximate surface area is 250 Å². The molecular formula is C37H44N4O. The first-order chi connectivity index (χ1) is 19.7. The molecule has 0 saturated carbocycles. The predicted molar refractivity (Wildman–Crippen MR) is 175 cm³/mol. The molecule has 1 N–H and O–H groups in total. The van der Waals surface area contributed by atoms with Crippen LogP contribution in [-0.2, 0) is 10.8 Å². The third kappa shape index (κ3) is 5.45. The summed E-state index contributed by atoms with van der Waals surface area (Å²) >= 11 is 0. The van der Waals surface area contributed by atoms with Crippen LogP contribution in [0.4, 0.5) is 0 Å². The smallest absolute Gasteiger partial charge is 0.161 e. The van der Waals surface area contributed by atoms with Crippen molar-refractivity contribution in [2.24, 2.45) is 0 Å². The van der Waals surface area contributed by atoms with E-state index in [2.05, 4.69) is 121 Å². The van der Waals surface area contributed by atoms with Crippen molar-refractivity contribution < 1.29 is 5.11 Å². The average molecular weight is 561 g/mol. The van der Waals surface area contributed by atoms with E-state index in [1.807, 2.05) is 24.5 Å². The lowest BCUT2D eigenvalue weighted by molar-refractivity contribution is 0.445. The molecule has 0 fully saturated rings. The van der Waals surface area contributed by atoms with E-state index in [1.54, 1.807) is 0 Å². The molecule has 42 heavy (non-hydrogen) atoms. The predicted octanol–water partition coefficient (Wildman–Crippen LogP) is 9.83. The summed E-state index contributed by atoms with van der Waals surface area (Å²) in [4.78, 5) is 14.8. The minimum atomic E-state index is -0.239. The molecule has 3 aromatic heterocycles. The van der Waals surface area contributed by atoms with E-state index >= 15 is 0 Å². The topological polar surface area (TPSA) is 63.8 Å². The van der Waals surface area contributed by atoms with Gasteiger partial charge in [0.2, 0.25) is 0 Å². The van der Waals surface area contributed by atoms with Gasteiger partial charge in [-0.2, -0.15) is 0 Å². The first-order valence-electron chi connectivity index (χ1n) is 15.0. The number of pyridine rings is 2. The molecule has 5 aromatic rings. The molecule has 5 rings (SSSR count). The molecule has 0 unspecified atom stereocenters. The van der Waals surface area contributed by atoms with Crippen LogP contribution in [0.2, 0.25) is 0 Å². The summed E-state index contributed by atoms with van der Waals surface area (Å²) in [5.74, 6) is 1.37. The summed E-state index contributed by atoms with van der Waals surface area (Å²) in [6.07, 6.45) is 3.71. The van der Waals surface area contributed by atoms with Gasteiger partial charge < -0.3 is 9.67 Å². The van der Waals surface area contributed by atoms with Crippen LogP contribution in [0.1, 0.15) is 97.9 Å². The second-order valence-corrected chi connectivity index (χ2v) is 14.1. The van der Waals surface area contributed by atoms with Crippen LogP contribution in [0.5, 0.6) is 5.75 Å². The van der Waals surface area contributed by atoms with E-state index in [-0.39, 0.29) is 22.6 Å². The van der Waals surface area contributed by atoms with Gasteiger partial charge in [0.15, 0.2) is 5.65 Å². The maximum Gasteiger partial charge on any atom is 0.161 e. The van der Waals surface area contributed by atoms with Gasteiger partial charge in [-0.15, -0.1) is 0 Å². The lowest BCUT2D eigenvalue weighted by atomic mass is 9.79. The molecule has 2 aromatic carbocycles. The van der Waals surface area contributed by atoms with Crippen molar-refractivity contribution in [1.29, 1.82) is 0 Å². The Morgan fingerprint density at radius 2 is 1.45 bits per heavy atom. The summed E-state index contributed by atoms with van der Waals surface area (Å²) in [6.45, 7) is 21.8. The van der Waals surface area contributed by atoms with Crippen LogP contribution < -0.4 is 0 Å². The maximum absolute atomic E-state index is 11.8. The summed E-state index contributed by atoms with van der Waals surface area (Å²) < 4.78 is 2.17. The lowest BCUT2D eigenvalue weighted by Gasteiger charge is -2.27. The largest absolute Gasteiger partial charge is 0.507 e. The SMILES string of the molecule is CC(C)c1cc(-c2ccccn2)cc(-c2ccnc3c2nc(-c2cc(C(C)(C)C)cc(C(C)(C)C)c2O)n3C(C)C)c1. The standard InChI is InChI=1S/C37H44N4O/c1-22(2)24-17-25(19-26(18-24)31-13-11-12-15-38-31)28-14-16-39-35-32(28)40-34(41(35)23(3)4)29-20-27(36(5,6)7)21-30(33(29)42)37(8,9)10/h11-23,42H,1-10H3. The van der Waals surface area contributed by atoms with E-state index in [0.717, 1.165) is 50.5 Å². The van der Waals surface area contributed by atoms with Crippen LogP contribution >= 0.6 is 0 Å². The van der Waals surface area contributed by atoms with Crippen LogP contribution in [0.15, 0.2) is 67.0 Å². The van der Waals surface area contributed by atoms with Gasteiger partial charge in [0, 0.05) is 35.1 Å². The zero-order valence-corrected chi connectivity index (χ0v) is 26.7. The average Bonchev–Trinajstić information content (AvgIpc) is 3.32. The highest BCUT2D eigenvalue weighted by molar-refractivity contribution is 5.93. The van der Waals surface area contributed by atoms with Crippen LogP contribution in [0.3, 0.4) is 0 Å². The molecule has 5 nitrogen and oxygen atoms in total. The number of phenols is 1. The fourth-order valence-electron chi connectivity index (χ4n) is 5.53. The summed E-state index contributed by atoms with van der Waals surface area (Å²) in [5, 5.41) is 11.8. The fourth-order valence-corrected chi connectivity index (χ4v) is 5.53. The quantitative estimate of drug-likeness (QED) is 0.232. The first kappa shape index (κ1) is 29.5. The van der Waals surface area contributed by atoms with Crippen molar-refractivity contribution in [3.05, 3.63) is 83.7 Å². The molecule has 5 heteroatoms. The summed E-state index contributed by atoms with van der Waals surface area (Å²) in [5.41, 5.74) is 9.50. The van der Waals surface area contributed by atoms with E-state index in [1.165, 1.54) is 11.1 Å². The molecule has 0 aliphatic carbocycles. The number of nitrogens with zero attached hydrogens (tertiary/aromatic N) is 4. The maximum atomic E-state index is 11.8. The van der Waals surface area contributed by atoms with E-state index in [4.69, 9.17) is 9.97 Å². The monoisotopic (exact) mass is 560 g/mol. The van der Waals surface area contributed by atoms with E-state index < -0.39 is 0 Å². The number of benzene rings is 2. The lowest BCUT2D eigenvalue weighted by Crippen LogP contribution is -2.17. The van der Waals surface area contributed by atoms with Crippen molar-refractivity contribution in [2.45, 2.75) is 92.0 Å². The van der Waals surface area contributed by atoms with Gasteiger partial charge in [-0.25, -0.2) is 9.97 Å². The summed E-state index contributed by atoms with van der Waals surface area (Å²) in [6, 6.07) is 19.1. The Morgan fingerprint density at radius 3 is 2.05 bits per heavy atom. The van der Waals surface area contributed by atoms with E-state index in [9.17, 15) is 5.11 Å². The number of aromatic nitrogens is 4. The normalized spacial score (nSPS) is 12.6. The molecule has 0 aliphatic rings. The Hall–Kier alpha value is -3.99. The van der Waals surface area contributed by atoms with Gasteiger partial charge in [0.25, 0.3) is 0 Å². The summed E-state index contributed by atoms with van der Waals surface area (Å²) in [7, 11) is 0. The van der Waals surface area contributed by atoms with Gasteiger partial charge in [-0.1, -0.05) is 73.6 Å². The zero-order chi connectivity index (χ0) is 30.6. The van der Waals surface area contributed by atoms with Crippen molar-refractivity contribution in [2.75, 3.05) is 0 Å². The van der Waals surface area contributed by atoms with Crippen molar-refractivity contribution >= 4 is 11.2 Å². The Morgan fingerprint density at radius 1 is 0.738 bits per heavy atom. The van der Waals surface area contributed by atoms with Crippen LogP contribution in [0.25, 0.3) is 44.9 Å². The third-order valence-corrected chi connectivity index (χ3v) is 8.01. The zero-order valence-electron chi connectivity index (χ0n) is 26.7. The van der Waals surface area contributed by atoms with Crippen LogP contribution in [-0.4, -0.2) is 24.6 Å². The van der Waals surface area contributed by atoms with Crippen LogP contribution in [0, 0.1) is 0 Å². The molecule has 0 radical (unpaired) electrons. The molecule has 0 aliphatic heterocycles. The van der Waals surface area contributed by atoms with Crippen molar-refractivity contribution in [3.8, 4) is 39.5 Å². The second-order valence-electron chi connectivity index (χ2n) is 14.1. The molecule has 218 valence electrons. The number of rotatable bonds is 5. The molecule has 0 spiro atoms. The molecular weight excluding hydrogens is 516 g/mol. The van der Waals surface area contributed by atoms with Gasteiger partial charge in [0.05, 0.1) is 11.3 Å². The number of hydrogen-bond donors (Lipinski definition) is 1. The van der Waals surface area contributed by atoms with Gasteiger partial charge in [0.1, 0.15) is 17.1 Å². The number of aromatic hydroxyl groups is 1. The number of hydrogen-bond acceptors (Lipinski definition) is 4. The number of imidazole rings is 1. The van der Waals surface area contributed by atoms with Gasteiger partial charge in [-0.3, -0.25) is 4.98 Å². The Balaban J connectivity index is 1.82. The molecule has 3 heterocycles. The van der Waals surface area contributed by atoms with Crippen molar-refractivity contribution in [3.63, 3.8) is 0 Å². The van der Waals surface area contributed by atoms with E-state index in [0.29, 0.717) is 5.92 Å². The highest BCUT2D eigenvalue weighted by Crippen LogP contribution is 2.44. The third-order valence-electron chi connectivity index (χ3n) is 8.01. The highest BCUT2D eigenvalue weighted by Gasteiger charge is 2.29. The van der Waals surface area contributed by atoms with Crippen molar-refractivity contribution in [1.82, 2.24) is 19.5 Å². The Bertz CT molecular complexity index is 1750. The fraction of sp³-hybridized carbons (Fsp3) is 0.378. The minimum Gasteiger partial charge on any atom is -0.507 e. The molecule has 0 atom stereocenters. The number of phenolic OH excluding ortho intramolecular Hbond substituents is 1. The van der Waals surface area contributed by atoms with Gasteiger partial charge >= 0.3 is 0 Å². The number of fused-ring (bicyclic) bond motifs is 1. The van der Waals surface area contributed by atoms with Gasteiger partial charge in [-0.05, 0) is 83.7 Å². The Kier molecular flexibility index (Phi) is 7.51. The first-order valence-corrected chi connectivity index (χ1v) is 15.0.